The number of hydrogen-bond acceptors (Lipinski definition) is 1. The van der Waals surface area contributed by atoms with Crippen LogP contribution in [0.3, 0.4) is 0 Å². The second-order valence-corrected chi connectivity index (χ2v) is 7.47. The highest BCUT2D eigenvalue weighted by atomic mass is 35.5. The molecule has 1 fully saturated rings. The first-order valence-corrected chi connectivity index (χ1v) is 8.01. The molecule has 1 aromatic rings. The van der Waals surface area contributed by atoms with Crippen molar-refractivity contribution >= 4 is 11.6 Å². The van der Waals surface area contributed by atoms with Crippen molar-refractivity contribution in [2.75, 3.05) is 0 Å². The molecule has 0 bridgehead atoms. The standard InChI is InChI=1S/C16H27ClN2/c1-5-19-11-13(10-18-19)9-16(3,4)14-7-6-12(2)8-15(14)17/h10-12,14-15H,5-9H2,1-4H3. The Morgan fingerprint density at radius 1 is 1.42 bits per heavy atom. The summed E-state index contributed by atoms with van der Waals surface area (Å²) in [5.41, 5.74) is 1.60. The Hall–Kier alpha value is -0.500. The average molecular weight is 283 g/mol. The largest absolute Gasteiger partial charge is 0.273 e. The van der Waals surface area contributed by atoms with Gasteiger partial charge in [-0.05, 0) is 49.0 Å². The zero-order valence-electron chi connectivity index (χ0n) is 12.7. The molecule has 0 aromatic carbocycles. The molecule has 3 atom stereocenters. The summed E-state index contributed by atoms with van der Waals surface area (Å²) in [5.74, 6) is 1.41. The predicted octanol–water partition coefficient (Wildman–Crippen LogP) is 4.52. The van der Waals surface area contributed by atoms with E-state index in [4.69, 9.17) is 11.6 Å². The Kier molecular flexibility index (Phi) is 4.60. The van der Waals surface area contributed by atoms with Crippen molar-refractivity contribution in [3.05, 3.63) is 18.0 Å². The van der Waals surface area contributed by atoms with E-state index in [1.165, 1.54) is 24.8 Å². The summed E-state index contributed by atoms with van der Waals surface area (Å²) in [6.07, 6.45) is 9.03. The van der Waals surface area contributed by atoms with Crippen LogP contribution in [0.25, 0.3) is 0 Å². The topological polar surface area (TPSA) is 17.8 Å². The van der Waals surface area contributed by atoms with Crippen molar-refractivity contribution in [3.63, 3.8) is 0 Å². The first-order valence-electron chi connectivity index (χ1n) is 7.57. The summed E-state index contributed by atoms with van der Waals surface area (Å²) in [4.78, 5) is 0. The number of hydrogen-bond donors (Lipinski definition) is 0. The monoisotopic (exact) mass is 282 g/mol. The normalized spacial score (nSPS) is 28.6. The summed E-state index contributed by atoms with van der Waals surface area (Å²) in [7, 11) is 0. The van der Waals surface area contributed by atoms with Crippen LogP contribution in [0, 0.1) is 17.3 Å². The number of aromatic nitrogens is 2. The summed E-state index contributed by atoms with van der Waals surface area (Å²) in [5, 5.41) is 4.71. The third kappa shape index (κ3) is 3.53. The minimum atomic E-state index is 0.258. The van der Waals surface area contributed by atoms with Crippen LogP contribution in [0.15, 0.2) is 12.4 Å². The molecule has 19 heavy (non-hydrogen) atoms. The number of nitrogens with zero attached hydrogens (tertiary/aromatic N) is 2. The third-order valence-corrected chi connectivity index (χ3v) is 5.19. The van der Waals surface area contributed by atoms with Gasteiger partial charge in [-0.15, -0.1) is 11.6 Å². The third-order valence-electron chi connectivity index (χ3n) is 4.71. The SMILES string of the molecule is CCn1cc(CC(C)(C)C2CCC(C)CC2Cl)cn1. The fraction of sp³-hybridized carbons (Fsp3) is 0.812. The summed E-state index contributed by atoms with van der Waals surface area (Å²) in [6.45, 7) is 10.1. The first-order chi connectivity index (χ1) is 8.92. The average Bonchev–Trinajstić information content (AvgIpc) is 2.75. The summed E-state index contributed by atoms with van der Waals surface area (Å²) < 4.78 is 2.01. The van der Waals surface area contributed by atoms with E-state index >= 15 is 0 Å². The van der Waals surface area contributed by atoms with E-state index in [0.29, 0.717) is 11.3 Å². The molecule has 0 radical (unpaired) electrons. The van der Waals surface area contributed by atoms with Gasteiger partial charge in [-0.25, -0.2) is 0 Å². The van der Waals surface area contributed by atoms with Crippen LogP contribution < -0.4 is 0 Å². The number of rotatable bonds is 4. The van der Waals surface area contributed by atoms with Gasteiger partial charge in [0.1, 0.15) is 0 Å². The van der Waals surface area contributed by atoms with Crippen molar-refractivity contribution in [2.24, 2.45) is 17.3 Å². The van der Waals surface area contributed by atoms with Crippen LogP contribution in [0.5, 0.6) is 0 Å². The van der Waals surface area contributed by atoms with Gasteiger partial charge in [0, 0.05) is 18.1 Å². The van der Waals surface area contributed by atoms with Crippen molar-refractivity contribution in [1.82, 2.24) is 9.78 Å². The van der Waals surface area contributed by atoms with Gasteiger partial charge in [-0.1, -0.05) is 27.2 Å². The van der Waals surface area contributed by atoms with Gasteiger partial charge in [0.15, 0.2) is 0 Å². The molecule has 1 heterocycles. The molecule has 0 N–H and O–H groups in total. The van der Waals surface area contributed by atoms with E-state index in [1.807, 2.05) is 10.9 Å². The van der Waals surface area contributed by atoms with Gasteiger partial charge < -0.3 is 0 Å². The molecule has 2 rings (SSSR count). The number of alkyl halides is 1. The van der Waals surface area contributed by atoms with Crippen LogP contribution in [-0.2, 0) is 13.0 Å². The highest BCUT2D eigenvalue weighted by Gasteiger charge is 2.38. The maximum absolute atomic E-state index is 6.64. The summed E-state index contributed by atoms with van der Waals surface area (Å²) in [6, 6.07) is 0. The molecule has 108 valence electrons. The Morgan fingerprint density at radius 2 is 2.16 bits per heavy atom. The van der Waals surface area contributed by atoms with Gasteiger partial charge in [0.2, 0.25) is 0 Å². The lowest BCUT2D eigenvalue weighted by atomic mass is 9.66. The lowest BCUT2D eigenvalue weighted by Gasteiger charge is -2.41. The van der Waals surface area contributed by atoms with Crippen molar-refractivity contribution in [1.29, 1.82) is 0 Å². The Morgan fingerprint density at radius 3 is 2.74 bits per heavy atom. The first kappa shape index (κ1) is 14.9. The molecule has 0 amide bonds. The molecular weight excluding hydrogens is 256 g/mol. The molecule has 1 aromatic heterocycles. The second kappa shape index (κ2) is 5.87. The van der Waals surface area contributed by atoms with E-state index in [1.54, 1.807) is 0 Å². The Bertz CT molecular complexity index is 411. The van der Waals surface area contributed by atoms with Gasteiger partial charge >= 0.3 is 0 Å². The Balaban J connectivity index is 2.04. The summed E-state index contributed by atoms with van der Waals surface area (Å²) >= 11 is 6.64. The molecule has 0 aliphatic heterocycles. The molecule has 0 spiro atoms. The molecule has 3 unspecified atom stereocenters. The van der Waals surface area contributed by atoms with E-state index in [-0.39, 0.29) is 5.41 Å². The number of halogens is 1. The van der Waals surface area contributed by atoms with E-state index < -0.39 is 0 Å². The highest BCUT2D eigenvalue weighted by Crippen LogP contribution is 2.44. The van der Waals surface area contributed by atoms with Crippen LogP contribution in [0.1, 0.15) is 52.5 Å². The second-order valence-electron chi connectivity index (χ2n) is 6.91. The van der Waals surface area contributed by atoms with Crippen LogP contribution >= 0.6 is 11.6 Å². The van der Waals surface area contributed by atoms with Gasteiger partial charge in [-0.3, -0.25) is 4.68 Å². The van der Waals surface area contributed by atoms with Crippen LogP contribution in [-0.4, -0.2) is 15.2 Å². The van der Waals surface area contributed by atoms with Gasteiger partial charge in [-0.2, -0.15) is 5.10 Å². The van der Waals surface area contributed by atoms with E-state index in [0.717, 1.165) is 18.9 Å². The van der Waals surface area contributed by atoms with Crippen molar-refractivity contribution in [3.8, 4) is 0 Å². The van der Waals surface area contributed by atoms with E-state index in [2.05, 4.69) is 39.0 Å². The van der Waals surface area contributed by atoms with Crippen molar-refractivity contribution in [2.45, 2.75) is 65.3 Å². The Labute approximate surface area is 122 Å². The smallest absolute Gasteiger partial charge is 0.0521 e. The molecule has 1 saturated carbocycles. The van der Waals surface area contributed by atoms with Gasteiger partial charge in [0.05, 0.1) is 6.20 Å². The fourth-order valence-corrected chi connectivity index (χ4v) is 4.29. The number of aryl methyl sites for hydroxylation is 1. The highest BCUT2D eigenvalue weighted by molar-refractivity contribution is 6.20. The molecular formula is C16H27ClN2. The van der Waals surface area contributed by atoms with Crippen LogP contribution in [0.2, 0.25) is 0 Å². The zero-order valence-corrected chi connectivity index (χ0v) is 13.5. The molecule has 3 heteroatoms. The van der Waals surface area contributed by atoms with Gasteiger partial charge in [0.25, 0.3) is 0 Å². The quantitative estimate of drug-likeness (QED) is 0.743. The maximum Gasteiger partial charge on any atom is 0.0521 e. The molecule has 2 nitrogen and oxygen atoms in total. The van der Waals surface area contributed by atoms with Crippen molar-refractivity contribution < 1.29 is 0 Å². The molecule has 1 aliphatic carbocycles. The fourth-order valence-electron chi connectivity index (χ4n) is 3.52. The lowest BCUT2D eigenvalue weighted by molar-refractivity contribution is 0.142. The predicted molar refractivity (Wildman–Crippen MR) is 81.5 cm³/mol. The lowest BCUT2D eigenvalue weighted by Crippen LogP contribution is -2.37. The molecule has 0 saturated heterocycles. The zero-order chi connectivity index (χ0) is 14.0. The van der Waals surface area contributed by atoms with E-state index in [9.17, 15) is 0 Å². The minimum Gasteiger partial charge on any atom is -0.273 e. The maximum atomic E-state index is 6.64. The molecule has 1 aliphatic rings. The minimum absolute atomic E-state index is 0.258. The van der Waals surface area contributed by atoms with Crippen LogP contribution in [0.4, 0.5) is 0 Å².